The highest BCUT2D eigenvalue weighted by Crippen LogP contribution is 2.52. The third kappa shape index (κ3) is 3.88. The van der Waals surface area contributed by atoms with Gasteiger partial charge in [-0.2, -0.15) is 0 Å². The maximum Gasteiger partial charge on any atom is 0.290 e. The summed E-state index contributed by atoms with van der Waals surface area (Å²) in [6, 6.07) is 3.00. The molecular weight excluding hydrogens is 512 g/mol. The highest BCUT2D eigenvalue weighted by Gasteiger charge is 2.62. The zero-order valence-corrected chi connectivity index (χ0v) is 21.2. The van der Waals surface area contributed by atoms with Crippen molar-refractivity contribution in [3.05, 3.63) is 52.1 Å². The molecule has 39 heavy (non-hydrogen) atoms. The molecule has 0 aliphatic heterocycles. The van der Waals surface area contributed by atoms with Crippen molar-refractivity contribution < 1.29 is 44.1 Å². The van der Waals surface area contributed by atoms with Gasteiger partial charge in [0.25, 0.3) is 5.91 Å². The predicted molar refractivity (Wildman–Crippen MR) is 133 cm³/mol. The lowest BCUT2D eigenvalue weighted by atomic mass is 9.57. The molecule has 1 saturated carbocycles. The van der Waals surface area contributed by atoms with E-state index in [9.17, 15) is 39.6 Å². The second-order valence-electron chi connectivity index (χ2n) is 10.4. The van der Waals surface area contributed by atoms with Gasteiger partial charge in [0.05, 0.1) is 17.9 Å². The summed E-state index contributed by atoms with van der Waals surface area (Å²) < 4.78 is 4.83. The fourth-order valence-electron chi connectivity index (χ4n) is 6.16. The van der Waals surface area contributed by atoms with Crippen LogP contribution < -0.4 is 16.0 Å². The van der Waals surface area contributed by atoms with Crippen LogP contribution in [0, 0.1) is 17.8 Å². The van der Waals surface area contributed by atoms with Crippen molar-refractivity contribution in [3.8, 4) is 5.75 Å². The van der Waals surface area contributed by atoms with Crippen molar-refractivity contribution in [1.29, 1.82) is 0 Å². The molecule has 13 nitrogen and oxygen atoms in total. The molecule has 7 N–H and O–H groups in total. The number of aromatic nitrogens is 1. The molecule has 2 aromatic rings. The summed E-state index contributed by atoms with van der Waals surface area (Å²) in [6.07, 6.45) is -0.0606. The van der Waals surface area contributed by atoms with Gasteiger partial charge < -0.3 is 40.9 Å². The number of aliphatic hydroxyl groups excluding tert-OH is 2. The number of nitrogens with two attached hydrogens (primary N) is 1. The fourth-order valence-corrected chi connectivity index (χ4v) is 6.16. The Hall–Kier alpha value is -4.23. The Balaban J connectivity index is 1.59. The Morgan fingerprint density at radius 1 is 1.26 bits per heavy atom. The second kappa shape index (κ2) is 9.20. The van der Waals surface area contributed by atoms with Crippen LogP contribution >= 0.6 is 0 Å². The molecule has 5 atom stereocenters. The average Bonchev–Trinajstić information content (AvgIpc) is 3.40. The van der Waals surface area contributed by atoms with Crippen LogP contribution in [0.15, 0.2) is 34.2 Å². The normalized spacial score (nSPS) is 27.9. The maximum absolute atomic E-state index is 13.9. The number of aromatic hydroxyl groups is 1. The van der Waals surface area contributed by atoms with Gasteiger partial charge in [-0.1, -0.05) is 5.16 Å². The summed E-state index contributed by atoms with van der Waals surface area (Å²) >= 11 is 0. The first-order valence-corrected chi connectivity index (χ1v) is 12.3. The molecule has 0 saturated heterocycles. The SMILES string of the molecule is CN(C)c1cc(CNC(=O)c2ccno2)c(O)c2c1C[C@H]1C[C@H]3CC(O)C(C(N)=O)C(=O)[C@@]3(O)C(O)=C1C2=O. The molecule has 13 heteroatoms. The monoisotopic (exact) mass is 540 g/mol. The number of allylic oxidation sites excluding steroid dienone is 1. The minimum Gasteiger partial charge on any atom is -0.508 e. The molecule has 0 radical (unpaired) electrons. The highest BCUT2D eigenvalue weighted by molar-refractivity contribution is 6.16. The van der Waals surface area contributed by atoms with Gasteiger partial charge in [0.1, 0.15) is 17.4 Å². The summed E-state index contributed by atoms with van der Waals surface area (Å²) in [5.74, 6) is -8.39. The number of hydrogen-bond acceptors (Lipinski definition) is 11. The predicted octanol–water partition coefficient (Wildman–Crippen LogP) is -0.270. The number of phenolic OH excluding ortho intramolecular Hbond substituents is 1. The van der Waals surface area contributed by atoms with Gasteiger partial charge >= 0.3 is 0 Å². The van der Waals surface area contributed by atoms with Gasteiger partial charge in [0, 0.05) is 49.4 Å². The largest absolute Gasteiger partial charge is 0.508 e. The average molecular weight is 541 g/mol. The highest BCUT2D eigenvalue weighted by atomic mass is 16.5. The standard InChI is InChI=1S/C26H28N4O9/c1-30(2)14-7-11(9-28-25(37)16-3-4-29-39-16)20(32)18-13(14)6-10-5-12-8-15(31)19(24(27)36)23(35)26(12,38)22(34)17(10)21(18)33/h3-4,7,10,12,15,19,31-32,34,38H,5-6,8-9H2,1-2H3,(H2,27,36)(H,28,37)/t10-,12+,15?,19?,26+/m1/s1. The molecule has 1 fully saturated rings. The number of ketones is 2. The minimum absolute atomic E-state index is 0.0455. The fraction of sp³-hybridized carbons (Fsp3) is 0.423. The Morgan fingerprint density at radius 3 is 2.59 bits per heavy atom. The van der Waals surface area contributed by atoms with Crippen molar-refractivity contribution in [2.24, 2.45) is 23.5 Å². The molecule has 1 aromatic carbocycles. The number of anilines is 1. The Labute approximate surface area is 221 Å². The number of benzene rings is 1. The lowest BCUT2D eigenvalue weighted by Gasteiger charge is -2.48. The molecule has 1 heterocycles. The first-order valence-electron chi connectivity index (χ1n) is 12.3. The molecule has 2 amide bonds. The number of nitrogens with zero attached hydrogens (tertiary/aromatic N) is 2. The lowest BCUT2D eigenvalue weighted by Crippen LogP contribution is -2.63. The molecule has 3 aliphatic rings. The molecule has 3 aliphatic carbocycles. The van der Waals surface area contributed by atoms with Gasteiger partial charge in [-0.3, -0.25) is 19.2 Å². The van der Waals surface area contributed by atoms with E-state index in [2.05, 4.69) is 10.5 Å². The summed E-state index contributed by atoms with van der Waals surface area (Å²) in [4.78, 5) is 53.0. The van der Waals surface area contributed by atoms with Crippen LogP contribution in [0.25, 0.3) is 0 Å². The molecule has 5 rings (SSSR count). The maximum atomic E-state index is 13.9. The number of primary amides is 1. The second-order valence-corrected chi connectivity index (χ2v) is 10.4. The van der Waals surface area contributed by atoms with Crippen LogP contribution in [-0.4, -0.2) is 74.8 Å². The summed E-state index contributed by atoms with van der Waals surface area (Å²) in [7, 11) is 3.49. The number of aliphatic hydroxyl groups is 3. The Bertz CT molecular complexity index is 1430. The van der Waals surface area contributed by atoms with Gasteiger partial charge in [0.15, 0.2) is 17.2 Å². The van der Waals surface area contributed by atoms with Gasteiger partial charge in [-0.05, 0) is 36.8 Å². The quantitative estimate of drug-likeness (QED) is 0.271. The van der Waals surface area contributed by atoms with E-state index in [4.69, 9.17) is 10.3 Å². The number of rotatable bonds is 5. The zero-order valence-electron chi connectivity index (χ0n) is 21.2. The topological polar surface area (TPSA) is 217 Å². The molecule has 0 spiro atoms. The lowest BCUT2D eigenvalue weighted by molar-refractivity contribution is -0.167. The Morgan fingerprint density at radius 2 is 1.97 bits per heavy atom. The van der Waals surface area contributed by atoms with E-state index >= 15 is 0 Å². The van der Waals surface area contributed by atoms with Crippen molar-refractivity contribution in [2.75, 3.05) is 19.0 Å². The van der Waals surface area contributed by atoms with Crippen LogP contribution in [-0.2, 0) is 22.6 Å². The van der Waals surface area contributed by atoms with Gasteiger partial charge in [-0.15, -0.1) is 0 Å². The number of hydrogen-bond donors (Lipinski definition) is 6. The van der Waals surface area contributed by atoms with Crippen molar-refractivity contribution in [1.82, 2.24) is 10.5 Å². The van der Waals surface area contributed by atoms with Crippen LogP contribution in [0.2, 0.25) is 0 Å². The third-order valence-electron chi connectivity index (χ3n) is 8.03. The van der Waals surface area contributed by atoms with E-state index in [1.807, 2.05) is 0 Å². The number of fused-ring (bicyclic) bond motifs is 3. The first kappa shape index (κ1) is 26.4. The summed E-state index contributed by atoms with van der Waals surface area (Å²) in [6.45, 7) is -0.177. The van der Waals surface area contributed by atoms with E-state index in [0.29, 0.717) is 11.3 Å². The van der Waals surface area contributed by atoms with Crippen LogP contribution in [0.3, 0.4) is 0 Å². The first-order chi connectivity index (χ1) is 18.4. The molecule has 2 unspecified atom stereocenters. The van der Waals surface area contributed by atoms with Gasteiger partial charge in [-0.25, -0.2) is 0 Å². The number of nitrogens with one attached hydrogen (secondary N) is 1. The van der Waals surface area contributed by atoms with Gasteiger partial charge in [0.2, 0.25) is 11.7 Å². The smallest absolute Gasteiger partial charge is 0.290 e. The van der Waals surface area contributed by atoms with Crippen molar-refractivity contribution >= 4 is 29.1 Å². The minimum atomic E-state index is -2.58. The van der Waals surface area contributed by atoms with E-state index in [1.165, 1.54) is 12.3 Å². The van der Waals surface area contributed by atoms with E-state index in [1.54, 1.807) is 25.1 Å². The Kier molecular flexibility index (Phi) is 6.23. The summed E-state index contributed by atoms with van der Waals surface area (Å²) in [5, 5.41) is 50.3. The number of Topliss-reactive ketones (excluding diaryl/α,β-unsaturated/α-hetero) is 2. The number of amides is 2. The third-order valence-corrected chi connectivity index (χ3v) is 8.03. The summed E-state index contributed by atoms with van der Waals surface area (Å²) in [5.41, 5.74) is 3.63. The molecule has 1 aromatic heterocycles. The van der Waals surface area contributed by atoms with Crippen LogP contribution in [0.4, 0.5) is 5.69 Å². The molecule has 206 valence electrons. The van der Waals surface area contributed by atoms with E-state index in [0.717, 1.165) is 0 Å². The van der Waals surface area contributed by atoms with Crippen molar-refractivity contribution in [2.45, 2.75) is 37.5 Å². The molecule has 0 bridgehead atoms. The van der Waals surface area contributed by atoms with Crippen LogP contribution in [0.5, 0.6) is 5.75 Å². The van der Waals surface area contributed by atoms with Crippen LogP contribution in [0.1, 0.15) is 44.9 Å². The number of phenols is 1. The van der Waals surface area contributed by atoms with Crippen molar-refractivity contribution in [3.63, 3.8) is 0 Å². The van der Waals surface area contributed by atoms with E-state index in [-0.39, 0.29) is 48.3 Å². The molecular formula is C26H28N4O9. The number of carbonyl (C=O) groups is 4. The van der Waals surface area contributed by atoms with E-state index < -0.39 is 64.3 Å². The number of carbonyl (C=O) groups excluding carboxylic acids is 4. The zero-order chi connectivity index (χ0) is 28.4.